The Labute approximate surface area is 198 Å². The maximum absolute atomic E-state index is 12.0. The first-order chi connectivity index (χ1) is 16.3. The molecule has 0 saturated heterocycles. The highest BCUT2D eigenvalue weighted by atomic mass is 16.5. The number of aliphatic carboxylic acids is 1. The summed E-state index contributed by atoms with van der Waals surface area (Å²) in [6, 6.07) is 5.22. The third-order valence-corrected chi connectivity index (χ3v) is 5.19. The zero-order valence-electron chi connectivity index (χ0n) is 19.6. The first-order valence-corrected chi connectivity index (χ1v) is 11.3. The number of nitrogens with one attached hydrogen (secondary N) is 2. The van der Waals surface area contributed by atoms with Crippen molar-refractivity contribution in [2.45, 2.75) is 52.1 Å². The number of benzene rings is 1. The molecule has 1 aromatic heterocycles. The Bertz CT molecular complexity index is 1190. The number of rotatable bonds is 10. The van der Waals surface area contributed by atoms with Gasteiger partial charge >= 0.3 is 12.0 Å². The Kier molecular flexibility index (Phi) is 8.67. The largest absolute Gasteiger partial charge is 0.493 e. The molecule has 3 N–H and O–H groups in total. The Morgan fingerprint density at radius 1 is 1.24 bits per heavy atom. The fourth-order valence-corrected chi connectivity index (χ4v) is 3.48. The van der Waals surface area contributed by atoms with Crippen LogP contribution in [-0.4, -0.2) is 34.7 Å². The number of hydrogen-bond donors (Lipinski definition) is 3. The summed E-state index contributed by atoms with van der Waals surface area (Å²) in [6.07, 6.45) is 9.64. The van der Waals surface area contributed by atoms with Crippen LogP contribution in [0.1, 0.15) is 43.5 Å². The fraction of sp³-hybridized carbons (Fsp3) is 0.346. The van der Waals surface area contributed by atoms with E-state index in [9.17, 15) is 9.59 Å². The maximum atomic E-state index is 12.0. The molecule has 8 heteroatoms. The first kappa shape index (κ1) is 24.8. The lowest BCUT2D eigenvalue weighted by atomic mass is 10.0. The monoisotopic (exact) mass is 465 g/mol. The molecular formula is C26H31N3O5. The minimum absolute atomic E-state index is 0.0101. The average Bonchev–Trinajstić information content (AvgIpc) is 3.17. The molecule has 34 heavy (non-hydrogen) atoms. The minimum atomic E-state index is -0.870. The van der Waals surface area contributed by atoms with E-state index in [1.165, 1.54) is 0 Å². The van der Waals surface area contributed by atoms with Gasteiger partial charge in [0.1, 0.15) is 11.2 Å². The lowest BCUT2D eigenvalue weighted by Crippen LogP contribution is -2.39. The van der Waals surface area contributed by atoms with Gasteiger partial charge in [0.05, 0.1) is 12.3 Å². The van der Waals surface area contributed by atoms with Gasteiger partial charge in [-0.15, -0.1) is 0 Å². The van der Waals surface area contributed by atoms with Crippen LogP contribution < -0.4 is 26.3 Å². The number of oxazole rings is 1. The predicted molar refractivity (Wildman–Crippen MR) is 130 cm³/mol. The van der Waals surface area contributed by atoms with Gasteiger partial charge in [-0.25, -0.2) is 9.78 Å². The van der Waals surface area contributed by atoms with Gasteiger partial charge in [-0.05, 0) is 49.9 Å². The Balaban J connectivity index is 1.66. The van der Waals surface area contributed by atoms with Crippen LogP contribution >= 0.6 is 0 Å². The third-order valence-electron chi connectivity index (χ3n) is 5.19. The molecule has 2 amide bonds. The summed E-state index contributed by atoms with van der Waals surface area (Å²) >= 11 is 0. The molecular weight excluding hydrogens is 434 g/mol. The normalized spacial score (nSPS) is 14.3. The van der Waals surface area contributed by atoms with Crippen LogP contribution in [0.4, 0.5) is 4.79 Å². The number of carbonyl (C=O) groups excluding carboxylic acids is 1. The van der Waals surface area contributed by atoms with Gasteiger partial charge in [-0.1, -0.05) is 36.9 Å². The van der Waals surface area contributed by atoms with E-state index in [1.54, 1.807) is 0 Å². The van der Waals surface area contributed by atoms with Crippen molar-refractivity contribution in [3.8, 4) is 5.75 Å². The molecule has 0 radical (unpaired) electrons. The van der Waals surface area contributed by atoms with Gasteiger partial charge in [0.25, 0.3) is 0 Å². The third kappa shape index (κ3) is 7.37. The molecule has 3 rings (SSSR count). The number of aromatic nitrogens is 1. The Morgan fingerprint density at radius 2 is 2.06 bits per heavy atom. The molecule has 0 fully saturated rings. The van der Waals surface area contributed by atoms with Crippen molar-refractivity contribution in [2.24, 2.45) is 0 Å². The van der Waals surface area contributed by atoms with Gasteiger partial charge in [-0.3, -0.25) is 4.79 Å². The average molecular weight is 466 g/mol. The highest BCUT2D eigenvalue weighted by Gasteiger charge is 2.11. The van der Waals surface area contributed by atoms with Crippen LogP contribution in [0.5, 0.6) is 5.75 Å². The number of carboxylic acid groups (broad SMARTS) is 1. The maximum Gasteiger partial charge on any atom is 0.315 e. The van der Waals surface area contributed by atoms with Crippen LogP contribution in [0.3, 0.4) is 0 Å². The van der Waals surface area contributed by atoms with Gasteiger partial charge in [0.15, 0.2) is 0 Å². The number of aryl methyl sites for hydroxylation is 1. The lowest BCUT2D eigenvalue weighted by molar-refractivity contribution is -0.136. The molecule has 1 aromatic carbocycles. The summed E-state index contributed by atoms with van der Waals surface area (Å²) in [5.74, 6) is -0.241. The topological polar surface area (TPSA) is 114 Å². The Hall–Kier alpha value is -3.81. The number of carbonyl (C=O) groups is 2. The summed E-state index contributed by atoms with van der Waals surface area (Å²) in [6.45, 7) is 8.34. The van der Waals surface area contributed by atoms with Crippen molar-refractivity contribution >= 4 is 24.2 Å². The summed E-state index contributed by atoms with van der Waals surface area (Å²) in [5, 5.41) is 14.6. The predicted octanol–water partition coefficient (Wildman–Crippen LogP) is 2.60. The van der Waals surface area contributed by atoms with E-state index in [4.69, 9.17) is 14.3 Å². The second-order valence-electron chi connectivity index (χ2n) is 8.31. The molecule has 0 bridgehead atoms. The molecule has 1 aliphatic carbocycles. The van der Waals surface area contributed by atoms with E-state index in [2.05, 4.69) is 22.2 Å². The molecule has 0 saturated carbocycles. The van der Waals surface area contributed by atoms with Crippen molar-refractivity contribution in [3.63, 3.8) is 0 Å². The van der Waals surface area contributed by atoms with E-state index in [0.29, 0.717) is 36.2 Å². The second-order valence-corrected chi connectivity index (χ2v) is 8.31. The van der Waals surface area contributed by atoms with Crippen LogP contribution in [-0.2, 0) is 24.2 Å². The van der Waals surface area contributed by atoms with Gasteiger partial charge in [0, 0.05) is 31.0 Å². The number of allylic oxidation sites excluding steroid dienone is 4. The zero-order valence-corrected chi connectivity index (χ0v) is 19.6. The summed E-state index contributed by atoms with van der Waals surface area (Å²) in [7, 11) is 0. The molecule has 0 unspecified atom stereocenters. The quantitative estimate of drug-likeness (QED) is 0.497. The van der Waals surface area contributed by atoms with Crippen LogP contribution in [0, 0.1) is 0 Å². The Morgan fingerprint density at radius 3 is 2.76 bits per heavy atom. The van der Waals surface area contributed by atoms with E-state index in [1.807, 2.05) is 56.4 Å². The van der Waals surface area contributed by atoms with Crippen molar-refractivity contribution in [1.29, 1.82) is 0 Å². The summed E-state index contributed by atoms with van der Waals surface area (Å²) < 4.78 is 11.7. The van der Waals surface area contributed by atoms with E-state index < -0.39 is 5.97 Å². The fourth-order valence-electron chi connectivity index (χ4n) is 3.48. The van der Waals surface area contributed by atoms with Crippen molar-refractivity contribution in [2.75, 3.05) is 6.61 Å². The van der Waals surface area contributed by atoms with E-state index in [-0.39, 0.29) is 25.0 Å². The van der Waals surface area contributed by atoms with Gasteiger partial charge in [0.2, 0.25) is 5.55 Å². The first-order valence-electron chi connectivity index (χ1n) is 11.3. The molecule has 1 aliphatic rings. The van der Waals surface area contributed by atoms with Gasteiger partial charge < -0.3 is 24.9 Å². The molecule has 1 heterocycles. The summed E-state index contributed by atoms with van der Waals surface area (Å²) in [5.41, 5.74) is 4.53. The SMILES string of the molecule is C=c1oc(=C2C=CC=CC2)nc1CCOc1ccc(CCC(=O)O)c(CNC(=O)NC(C)C)c1. The number of nitrogens with zero attached hydrogens (tertiary/aromatic N) is 1. The van der Waals surface area contributed by atoms with Crippen molar-refractivity contribution in [3.05, 3.63) is 70.3 Å². The van der Waals surface area contributed by atoms with E-state index >= 15 is 0 Å². The number of carboxylic acids is 1. The van der Waals surface area contributed by atoms with Crippen LogP contribution in [0.15, 0.2) is 46.9 Å². The minimum Gasteiger partial charge on any atom is -0.493 e. The number of urea groups is 1. The van der Waals surface area contributed by atoms with Crippen LogP contribution in [0.25, 0.3) is 12.2 Å². The highest BCUT2D eigenvalue weighted by Crippen LogP contribution is 2.20. The lowest BCUT2D eigenvalue weighted by Gasteiger charge is -2.14. The zero-order chi connectivity index (χ0) is 24.5. The number of hydrogen-bond acceptors (Lipinski definition) is 5. The number of amides is 2. The van der Waals surface area contributed by atoms with Crippen LogP contribution in [0.2, 0.25) is 0 Å². The van der Waals surface area contributed by atoms with Gasteiger partial charge in [-0.2, -0.15) is 0 Å². The summed E-state index contributed by atoms with van der Waals surface area (Å²) in [4.78, 5) is 27.6. The second kappa shape index (κ2) is 11.9. The molecule has 8 nitrogen and oxygen atoms in total. The smallest absolute Gasteiger partial charge is 0.315 e. The molecule has 180 valence electrons. The van der Waals surface area contributed by atoms with Crippen molar-refractivity contribution in [1.82, 2.24) is 15.6 Å². The molecule has 2 aromatic rings. The number of ether oxygens (including phenoxy) is 1. The molecule has 0 aliphatic heterocycles. The van der Waals surface area contributed by atoms with Crippen molar-refractivity contribution < 1.29 is 23.8 Å². The standard InChI is InChI=1S/C26H31N3O5/c1-17(2)28-26(32)27-16-21-15-22(11-9-19(21)10-12-24(30)31)33-14-13-23-18(3)34-25(29-23)20-7-5-4-6-8-20/h4-7,9,11,15,17H,3,8,10,12-14,16H2,1-2H3,(H,30,31)(H2,27,28,32). The highest BCUT2D eigenvalue weighted by molar-refractivity contribution is 5.74. The van der Waals surface area contributed by atoms with E-state index in [0.717, 1.165) is 28.8 Å². The molecule has 0 spiro atoms. The molecule has 0 atom stereocenters.